The van der Waals surface area contributed by atoms with E-state index in [1.54, 1.807) is 0 Å². The number of halogens is 1. The van der Waals surface area contributed by atoms with E-state index in [9.17, 15) is 4.79 Å². The Bertz CT molecular complexity index is 565. The van der Waals surface area contributed by atoms with Gasteiger partial charge in [0, 0.05) is 17.7 Å². The Labute approximate surface area is 137 Å². The fraction of sp³-hybridized carbons (Fsp3) is 0.500. The number of rotatable bonds is 4. The fourth-order valence-electron chi connectivity index (χ4n) is 2.42. The summed E-state index contributed by atoms with van der Waals surface area (Å²) in [6.45, 7) is 6.49. The first-order chi connectivity index (χ1) is 9.89. The van der Waals surface area contributed by atoms with E-state index in [-0.39, 0.29) is 30.3 Å². The third-order valence-electron chi connectivity index (χ3n) is 3.28. The van der Waals surface area contributed by atoms with Crippen LogP contribution in [0.4, 0.5) is 5.69 Å². The molecular formula is C16H23ClN2O3. The molecule has 2 rings (SSSR count). The Hall–Kier alpha value is -1.75. The number of amides is 1. The molecule has 0 bridgehead atoms. The van der Waals surface area contributed by atoms with E-state index in [2.05, 4.69) is 31.2 Å². The molecule has 2 N–H and O–H groups in total. The van der Waals surface area contributed by atoms with Gasteiger partial charge in [0.1, 0.15) is 12.4 Å². The van der Waals surface area contributed by atoms with Crippen LogP contribution in [-0.4, -0.2) is 23.4 Å². The standard InChI is InChI=1S/C16H22N2O3.ClH/c1-16(2,3)9-11(18-20)10-21-14-6-4-5-13-12(14)7-8-15(19)17-13;/h4-6,20H,7-10H2,1-3H3,(H,17,19);1H. The van der Waals surface area contributed by atoms with Crippen molar-refractivity contribution in [2.24, 2.45) is 10.6 Å². The third kappa shape index (κ3) is 4.91. The average Bonchev–Trinajstić information content (AvgIpc) is 2.41. The van der Waals surface area contributed by atoms with Gasteiger partial charge in [-0.05, 0) is 30.4 Å². The summed E-state index contributed by atoms with van der Waals surface area (Å²) in [7, 11) is 0. The minimum Gasteiger partial charge on any atom is -0.487 e. The average molecular weight is 327 g/mol. The van der Waals surface area contributed by atoms with Crippen molar-refractivity contribution in [1.82, 2.24) is 0 Å². The number of anilines is 1. The number of oxime groups is 1. The maximum absolute atomic E-state index is 11.4. The van der Waals surface area contributed by atoms with Crippen LogP contribution < -0.4 is 10.1 Å². The van der Waals surface area contributed by atoms with Gasteiger partial charge < -0.3 is 15.3 Å². The van der Waals surface area contributed by atoms with Crippen molar-refractivity contribution in [1.29, 1.82) is 0 Å². The van der Waals surface area contributed by atoms with Crippen LogP contribution in [0.5, 0.6) is 5.75 Å². The number of carbonyl (C=O) groups excluding carboxylic acids is 1. The van der Waals surface area contributed by atoms with Gasteiger partial charge in [-0.3, -0.25) is 4.79 Å². The second-order valence-corrected chi connectivity index (χ2v) is 6.52. The summed E-state index contributed by atoms with van der Waals surface area (Å²) in [5, 5.41) is 15.3. The Morgan fingerprint density at radius 3 is 2.73 bits per heavy atom. The molecule has 0 saturated carbocycles. The Balaban J connectivity index is 0.00000242. The minimum absolute atomic E-state index is 0. The predicted octanol–water partition coefficient (Wildman–Crippen LogP) is 3.64. The Kier molecular flexibility index (Phi) is 6.23. The molecule has 5 nitrogen and oxygen atoms in total. The Morgan fingerprint density at radius 2 is 2.09 bits per heavy atom. The van der Waals surface area contributed by atoms with E-state index in [4.69, 9.17) is 9.94 Å². The molecule has 122 valence electrons. The van der Waals surface area contributed by atoms with Crippen molar-refractivity contribution >= 4 is 29.7 Å². The number of fused-ring (bicyclic) bond motifs is 1. The molecule has 1 heterocycles. The molecule has 1 aromatic carbocycles. The lowest BCUT2D eigenvalue weighted by atomic mass is 9.90. The molecule has 1 aromatic rings. The normalized spacial score (nSPS) is 14.7. The van der Waals surface area contributed by atoms with E-state index in [0.29, 0.717) is 25.0 Å². The SMILES string of the molecule is CC(C)(C)CC(COc1cccc2c1CCC(=O)N2)=NO.Cl. The summed E-state index contributed by atoms with van der Waals surface area (Å²) in [6, 6.07) is 5.59. The van der Waals surface area contributed by atoms with Crippen LogP contribution >= 0.6 is 12.4 Å². The quantitative estimate of drug-likeness (QED) is 0.504. The summed E-state index contributed by atoms with van der Waals surface area (Å²) in [4.78, 5) is 11.4. The van der Waals surface area contributed by atoms with E-state index < -0.39 is 0 Å². The summed E-state index contributed by atoms with van der Waals surface area (Å²) in [5.74, 6) is 0.771. The molecule has 22 heavy (non-hydrogen) atoms. The maximum Gasteiger partial charge on any atom is 0.224 e. The van der Waals surface area contributed by atoms with Gasteiger partial charge in [-0.2, -0.15) is 0 Å². The summed E-state index contributed by atoms with van der Waals surface area (Å²) >= 11 is 0. The first kappa shape index (κ1) is 18.3. The van der Waals surface area contributed by atoms with Crippen molar-refractivity contribution < 1.29 is 14.7 Å². The number of carbonyl (C=O) groups is 1. The largest absolute Gasteiger partial charge is 0.487 e. The molecule has 0 radical (unpaired) electrons. The van der Waals surface area contributed by atoms with Crippen LogP contribution in [0.2, 0.25) is 0 Å². The second-order valence-electron chi connectivity index (χ2n) is 6.52. The van der Waals surface area contributed by atoms with Crippen molar-refractivity contribution in [2.45, 2.75) is 40.0 Å². The van der Waals surface area contributed by atoms with E-state index >= 15 is 0 Å². The zero-order valence-corrected chi connectivity index (χ0v) is 14.0. The molecule has 6 heteroatoms. The monoisotopic (exact) mass is 326 g/mol. The number of hydrogen-bond donors (Lipinski definition) is 2. The van der Waals surface area contributed by atoms with Gasteiger partial charge in [-0.1, -0.05) is 32.0 Å². The molecule has 1 amide bonds. The highest BCUT2D eigenvalue weighted by molar-refractivity contribution is 5.94. The minimum atomic E-state index is 0. The maximum atomic E-state index is 11.4. The highest BCUT2D eigenvalue weighted by Gasteiger charge is 2.20. The number of ether oxygens (including phenoxy) is 1. The molecular weight excluding hydrogens is 304 g/mol. The Morgan fingerprint density at radius 1 is 1.36 bits per heavy atom. The van der Waals surface area contributed by atoms with Crippen LogP contribution in [0.25, 0.3) is 0 Å². The lowest BCUT2D eigenvalue weighted by Crippen LogP contribution is -2.22. The van der Waals surface area contributed by atoms with E-state index in [0.717, 1.165) is 17.0 Å². The number of hydrogen-bond acceptors (Lipinski definition) is 4. The topological polar surface area (TPSA) is 70.9 Å². The summed E-state index contributed by atoms with van der Waals surface area (Å²) < 4.78 is 5.80. The lowest BCUT2D eigenvalue weighted by molar-refractivity contribution is -0.116. The molecule has 0 atom stereocenters. The van der Waals surface area contributed by atoms with Crippen LogP contribution in [-0.2, 0) is 11.2 Å². The molecule has 0 fully saturated rings. The zero-order chi connectivity index (χ0) is 15.5. The zero-order valence-electron chi connectivity index (χ0n) is 13.2. The van der Waals surface area contributed by atoms with Gasteiger partial charge in [0.15, 0.2) is 0 Å². The first-order valence-electron chi connectivity index (χ1n) is 7.13. The van der Waals surface area contributed by atoms with Gasteiger partial charge in [-0.15, -0.1) is 12.4 Å². The number of benzene rings is 1. The molecule has 0 aromatic heterocycles. The van der Waals surface area contributed by atoms with Crippen molar-refractivity contribution in [3.63, 3.8) is 0 Å². The van der Waals surface area contributed by atoms with Crippen molar-refractivity contribution in [2.75, 3.05) is 11.9 Å². The van der Waals surface area contributed by atoms with Gasteiger partial charge in [0.05, 0.1) is 5.71 Å². The van der Waals surface area contributed by atoms with E-state index in [1.807, 2.05) is 18.2 Å². The predicted molar refractivity (Wildman–Crippen MR) is 89.4 cm³/mol. The lowest BCUT2D eigenvalue weighted by Gasteiger charge is -2.21. The molecule has 1 aliphatic rings. The molecule has 0 spiro atoms. The fourth-order valence-corrected chi connectivity index (χ4v) is 2.42. The van der Waals surface area contributed by atoms with Gasteiger partial charge in [0.25, 0.3) is 0 Å². The highest BCUT2D eigenvalue weighted by Crippen LogP contribution is 2.31. The molecule has 0 unspecified atom stereocenters. The van der Waals surface area contributed by atoms with Crippen LogP contribution in [0.15, 0.2) is 23.4 Å². The number of nitrogens with zero attached hydrogens (tertiary/aromatic N) is 1. The third-order valence-corrected chi connectivity index (χ3v) is 3.28. The summed E-state index contributed by atoms with van der Waals surface area (Å²) in [5.41, 5.74) is 2.46. The van der Waals surface area contributed by atoms with E-state index in [1.165, 1.54) is 0 Å². The molecule has 1 aliphatic heterocycles. The van der Waals surface area contributed by atoms with Crippen molar-refractivity contribution in [3.05, 3.63) is 23.8 Å². The summed E-state index contributed by atoms with van der Waals surface area (Å²) in [6.07, 6.45) is 1.80. The van der Waals surface area contributed by atoms with Gasteiger partial charge >= 0.3 is 0 Å². The molecule has 0 saturated heterocycles. The van der Waals surface area contributed by atoms with Crippen molar-refractivity contribution in [3.8, 4) is 5.75 Å². The van der Waals surface area contributed by atoms with Crippen LogP contribution in [0, 0.1) is 5.41 Å². The number of nitrogens with one attached hydrogen (secondary N) is 1. The van der Waals surface area contributed by atoms with Crippen LogP contribution in [0.1, 0.15) is 39.2 Å². The smallest absolute Gasteiger partial charge is 0.224 e. The van der Waals surface area contributed by atoms with Crippen LogP contribution in [0.3, 0.4) is 0 Å². The second kappa shape index (κ2) is 7.49. The molecule has 0 aliphatic carbocycles. The first-order valence-corrected chi connectivity index (χ1v) is 7.13. The van der Waals surface area contributed by atoms with Gasteiger partial charge in [-0.25, -0.2) is 0 Å². The van der Waals surface area contributed by atoms with Gasteiger partial charge in [0.2, 0.25) is 5.91 Å². The highest BCUT2D eigenvalue weighted by atomic mass is 35.5.